The Balaban J connectivity index is 2.22. The fraction of sp³-hybridized carbons (Fsp3) is 0.900. The molecule has 0 amide bonds. The minimum atomic E-state index is -0.276. The molecule has 0 aromatic rings. The molecule has 80 valence electrons. The van der Waals surface area contributed by atoms with Crippen molar-refractivity contribution in [3.63, 3.8) is 0 Å². The van der Waals surface area contributed by atoms with Gasteiger partial charge in [0.2, 0.25) is 6.54 Å². The second kappa shape index (κ2) is 5.97. The predicted octanol–water partition coefficient (Wildman–Crippen LogP) is -0.0627. The molecule has 2 atom stereocenters. The predicted molar refractivity (Wildman–Crippen MR) is 55.7 cm³/mol. The zero-order valence-corrected chi connectivity index (χ0v) is 8.52. The van der Waals surface area contributed by atoms with Gasteiger partial charge in [0, 0.05) is 19.5 Å². The van der Waals surface area contributed by atoms with Crippen molar-refractivity contribution in [2.45, 2.75) is 18.9 Å². The van der Waals surface area contributed by atoms with Crippen molar-refractivity contribution in [2.75, 3.05) is 32.7 Å². The van der Waals surface area contributed by atoms with Crippen LogP contribution in [0.15, 0.2) is 0 Å². The van der Waals surface area contributed by atoms with Gasteiger partial charge in [-0.05, 0) is 25.4 Å². The summed E-state index contributed by atoms with van der Waals surface area (Å²) in [6.07, 6.45) is 1.61. The highest BCUT2D eigenvalue weighted by molar-refractivity contribution is 4.80. The summed E-state index contributed by atoms with van der Waals surface area (Å²) in [4.78, 5) is 5.54. The lowest BCUT2D eigenvalue weighted by atomic mass is 9.94. The summed E-state index contributed by atoms with van der Waals surface area (Å²) in [5, 5.41) is 9.71. The number of aliphatic hydroxyl groups is 1. The Bertz CT molecular complexity index is 202. The van der Waals surface area contributed by atoms with Crippen LogP contribution in [0.4, 0.5) is 0 Å². The van der Waals surface area contributed by atoms with E-state index in [0.29, 0.717) is 13.1 Å². The van der Waals surface area contributed by atoms with Crippen molar-refractivity contribution >= 4 is 0 Å². The van der Waals surface area contributed by atoms with Crippen molar-refractivity contribution in [1.29, 1.82) is 0 Å². The van der Waals surface area contributed by atoms with E-state index < -0.39 is 0 Å². The Morgan fingerprint density at radius 3 is 2.93 bits per heavy atom. The number of β-amino-alcohol motifs (C(OH)–C–C–N with tert-alkyl or cyclic N) is 1. The Hall–Kier alpha value is -0.630. The van der Waals surface area contributed by atoms with Gasteiger partial charge in [-0.25, -0.2) is 6.57 Å². The molecule has 1 rings (SSSR count). The lowest BCUT2D eigenvalue weighted by Gasteiger charge is -2.35. The minimum absolute atomic E-state index is 0.270. The van der Waals surface area contributed by atoms with Gasteiger partial charge >= 0.3 is 0 Å². The van der Waals surface area contributed by atoms with E-state index in [0.717, 1.165) is 32.5 Å². The second-order valence-electron chi connectivity index (χ2n) is 3.89. The molecule has 3 N–H and O–H groups in total. The SMILES string of the molecule is [C-]#[N+]CCCN1CC[C@@H](CN)[C@H](O)C1. The van der Waals surface area contributed by atoms with E-state index in [-0.39, 0.29) is 12.0 Å². The van der Waals surface area contributed by atoms with Crippen molar-refractivity contribution in [3.8, 4) is 0 Å². The second-order valence-corrected chi connectivity index (χ2v) is 3.89. The highest BCUT2D eigenvalue weighted by Gasteiger charge is 2.25. The molecule has 14 heavy (non-hydrogen) atoms. The minimum Gasteiger partial charge on any atom is -0.391 e. The highest BCUT2D eigenvalue weighted by Crippen LogP contribution is 2.16. The molecule has 0 saturated carbocycles. The largest absolute Gasteiger partial charge is 0.391 e. The molecule has 0 aromatic heterocycles. The Kier molecular flexibility index (Phi) is 4.88. The van der Waals surface area contributed by atoms with Gasteiger partial charge in [-0.3, -0.25) is 0 Å². The van der Waals surface area contributed by atoms with E-state index in [4.69, 9.17) is 12.3 Å². The van der Waals surface area contributed by atoms with Crippen LogP contribution in [0, 0.1) is 12.5 Å². The molecule has 0 aliphatic carbocycles. The van der Waals surface area contributed by atoms with E-state index in [1.54, 1.807) is 0 Å². The van der Waals surface area contributed by atoms with Crippen LogP contribution in [-0.4, -0.2) is 48.8 Å². The van der Waals surface area contributed by atoms with Crippen LogP contribution in [0.1, 0.15) is 12.8 Å². The molecule has 1 fully saturated rings. The van der Waals surface area contributed by atoms with Gasteiger partial charge in [-0.1, -0.05) is 0 Å². The van der Waals surface area contributed by atoms with Gasteiger partial charge < -0.3 is 20.6 Å². The van der Waals surface area contributed by atoms with Crippen LogP contribution in [-0.2, 0) is 0 Å². The molecule has 0 unspecified atom stereocenters. The van der Waals surface area contributed by atoms with Crippen LogP contribution < -0.4 is 5.73 Å². The molecule has 0 bridgehead atoms. The third kappa shape index (κ3) is 3.26. The monoisotopic (exact) mass is 197 g/mol. The number of hydrogen-bond donors (Lipinski definition) is 2. The third-order valence-corrected chi connectivity index (χ3v) is 2.85. The molecule has 1 aliphatic rings. The molecule has 0 spiro atoms. The average molecular weight is 197 g/mol. The first-order chi connectivity index (χ1) is 6.77. The summed E-state index contributed by atoms with van der Waals surface area (Å²) < 4.78 is 0. The van der Waals surface area contributed by atoms with Crippen molar-refractivity contribution in [1.82, 2.24) is 4.90 Å². The number of nitrogens with two attached hydrogens (primary N) is 1. The lowest BCUT2D eigenvalue weighted by molar-refractivity contribution is 0.0255. The summed E-state index contributed by atoms with van der Waals surface area (Å²) in [5.74, 6) is 0.270. The molecule has 0 aromatic carbocycles. The summed E-state index contributed by atoms with van der Waals surface area (Å²) in [6, 6.07) is 0. The van der Waals surface area contributed by atoms with Crippen molar-refractivity contribution < 1.29 is 5.11 Å². The molecular formula is C10H19N3O. The standard InChI is InChI=1S/C10H19N3O/c1-12-4-2-5-13-6-3-9(7-11)10(14)8-13/h9-10,14H,2-8,11H2/t9-,10+/m0/s1. The zero-order valence-electron chi connectivity index (χ0n) is 8.52. The average Bonchev–Trinajstić information content (AvgIpc) is 2.18. The summed E-state index contributed by atoms with van der Waals surface area (Å²) >= 11 is 0. The maximum Gasteiger partial charge on any atom is 0.215 e. The first-order valence-electron chi connectivity index (χ1n) is 5.21. The van der Waals surface area contributed by atoms with E-state index in [1.165, 1.54) is 0 Å². The number of nitrogens with zero attached hydrogens (tertiary/aromatic N) is 2. The van der Waals surface area contributed by atoms with E-state index in [9.17, 15) is 5.11 Å². The van der Waals surface area contributed by atoms with Gasteiger partial charge in [0.15, 0.2) is 0 Å². The fourth-order valence-corrected chi connectivity index (χ4v) is 1.90. The number of rotatable bonds is 4. The molecule has 4 heteroatoms. The normalized spacial score (nSPS) is 28.6. The zero-order chi connectivity index (χ0) is 10.4. The summed E-state index contributed by atoms with van der Waals surface area (Å²) in [7, 11) is 0. The van der Waals surface area contributed by atoms with E-state index in [2.05, 4.69) is 9.74 Å². The number of piperidine rings is 1. The fourth-order valence-electron chi connectivity index (χ4n) is 1.90. The summed E-state index contributed by atoms with van der Waals surface area (Å²) in [6.45, 7) is 10.5. The Morgan fingerprint density at radius 2 is 2.36 bits per heavy atom. The van der Waals surface area contributed by atoms with Crippen LogP contribution in [0.3, 0.4) is 0 Å². The van der Waals surface area contributed by atoms with Crippen LogP contribution in [0.2, 0.25) is 0 Å². The molecular weight excluding hydrogens is 178 g/mol. The Labute approximate surface area is 85.5 Å². The first-order valence-corrected chi connectivity index (χ1v) is 5.21. The van der Waals surface area contributed by atoms with Crippen LogP contribution in [0.25, 0.3) is 4.85 Å². The smallest absolute Gasteiger partial charge is 0.215 e. The molecule has 1 heterocycles. The Morgan fingerprint density at radius 1 is 1.57 bits per heavy atom. The molecule has 4 nitrogen and oxygen atoms in total. The van der Waals surface area contributed by atoms with Crippen LogP contribution >= 0.6 is 0 Å². The molecule has 1 saturated heterocycles. The van der Waals surface area contributed by atoms with Crippen LogP contribution in [0.5, 0.6) is 0 Å². The number of hydrogen-bond acceptors (Lipinski definition) is 3. The van der Waals surface area contributed by atoms with E-state index in [1.807, 2.05) is 0 Å². The maximum absolute atomic E-state index is 9.71. The quantitative estimate of drug-likeness (QED) is 0.490. The van der Waals surface area contributed by atoms with Crippen molar-refractivity contribution in [2.24, 2.45) is 11.7 Å². The maximum atomic E-state index is 9.71. The molecule has 1 aliphatic heterocycles. The topological polar surface area (TPSA) is 53.8 Å². The van der Waals surface area contributed by atoms with E-state index >= 15 is 0 Å². The number of likely N-dealkylation sites (tertiary alicyclic amines) is 1. The summed E-state index contributed by atoms with van der Waals surface area (Å²) in [5.41, 5.74) is 5.54. The van der Waals surface area contributed by atoms with Gasteiger partial charge in [-0.15, -0.1) is 0 Å². The third-order valence-electron chi connectivity index (χ3n) is 2.85. The van der Waals surface area contributed by atoms with Gasteiger partial charge in [0.05, 0.1) is 6.10 Å². The lowest BCUT2D eigenvalue weighted by Crippen LogP contribution is -2.46. The highest BCUT2D eigenvalue weighted by atomic mass is 16.3. The van der Waals surface area contributed by atoms with Gasteiger partial charge in [0.1, 0.15) is 0 Å². The number of aliphatic hydroxyl groups excluding tert-OH is 1. The first kappa shape index (κ1) is 11.4. The molecule has 0 radical (unpaired) electrons. The van der Waals surface area contributed by atoms with Crippen molar-refractivity contribution in [3.05, 3.63) is 11.4 Å². The van der Waals surface area contributed by atoms with Gasteiger partial charge in [0.25, 0.3) is 0 Å². The van der Waals surface area contributed by atoms with Gasteiger partial charge in [-0.2, -0.15) is 0 Å².